The Morgan fingerprint density at radius 2 is 1.84 bits per heavy atom. The first kappa shape index (κ1) is 13.4. The number of alkyl halides is 3. The molecule has 0 amide bonds. The third kappa shape index (κ3) is 2.70. The van der Waals surface area contributed by atoms with Gasteiger partial charge in [0.15, 0.2) is 0 Å². The second-order valence-corrected chi connectivity index (χ2v) is 4.08. The molecule has 0 saturated heterocycles. The molecule has 0 aliphatic heterocycles. The molecule has 0 aliphatic carbocycles. The highest BCUT2D eigenvalue weighted by atomic mass is 35.5. The highest BCUT2D eigenvalue weighted by Crippen LogP contribution is 2.25. The second kappa shape index (κ2) is 4.58. The van der Waals surface area contributed by atoms with E-state index in [-0.39, 0.29) is 10.7 Å². The lowest BCUT2D eigenvalue weighted by molar-refractivity contribution is -0.141. The van der Waals surface area contributed by atoms with Crippen LogP contribution in [0.3, 0.4) is 0 Å². The summed E-state index contributed by atoms with van der Waals surface area (Å²) in [5.74, 6) is 0. The smallest absolute Gasteiger partial charge is 0.303 e. The number of halogens is 4. The van der Waals surface area contributed by atoms with Crippen LogP contribution in [0.15, 0.2) is 39.9 Å². The van der Waals surface area contributed by atoms with Crippen molar-refractivity contribution in [1.82, 2.24) is 9.55 Å². The summed E-state index contributed by atoms with van der Waals surface area (Å²) in [7, 11) is 0. The van der Waals surface area contributed by atoms with E-state index in [1.165, 1.54) is 24.3 Å². The van der Waals surface area contributed by atoms with Crippen molar-refractivity contribution < 1.29 is 13.2 Å². The number of aromatic nitrogens is 2. The first-order valence-electron chi connectivity index (χ1n) is 4.98. The molecule has 1 aromatic carbocycles. The molecule has 0 fully saturated rings. The van der Waals surface area contributed by atoms with Gasteiger partial charge in [-0.2, -0.15) is 13.2 Å². The zero-order valence-electron chi connectivity index (χ0n) is 9.16. The Balaban J connectivity index is 2.68. The average Bonchev–Trinajstić information content (AvgIpc) is 2.26. The number of hydrogen-bond donors (Lipinski definition) is 1. The minimum Gasteiger partial charge on any atom is -0.303 e. The molecule has 0 aliphatic rings. The van der Waals surface area contributed by atoms with Crippen LogP contribution < -0.4 is 11.2 Å². The summed E-state index contributed by atoms with van der Waals surface area (Å²) >= 11 is 5.70. The molecule has 2 rings (SSSR count). The molecule has 8 heteroatoms. The van der Waals surface area contributed by atoms with Gasteiger partial charge in [0.2, 0.25) is 0 Å². The van der Waals surface area contributed by atoms with Crippen molar-refractivity contribution >= 4 is 11.6 Å². The molecule has 0 spiro atoms. The fourth-order valence-electron chi connectivity index (χ4n) is 1.51. The standard InChI is InChI=1S/C11H6ClF3N2O2/c12-6-2-1-3-7(4-6)17-9(18)5-8(11(13,14)15)16-10(17)19/h1-5H,(H,16,19). The number of benzene rings is 1. The van der Waals surface area contributed by atoms with Crippen LogP contribution in [0.1, 0.15) is 5.69 Å². The predicted molar refractivity (Wildman–Crippen MR) is 62.7 cm³/mol. The van der Waals surface area contributed by atoms with Crippen LogP contribution in [0.5, 0.6) is 0 Å². The van der Waals surface area contributed by atoms with Gasteiger partial charge in [0.05, 0.1) is 5.69 Å². The van der Waals surface area contributed by atoms with Gasteiger partial charge >= 0.3 is 11.9 Å². The van der Waals surface area contributed by atoms with Gasteiger partial charge in [-0.1, -0.05) is 17.7 Å². The fourth-order valence-corrected chi connectivity index (χ4v) is 1.69. The second-order valence-electron chi connectivity index (χ2n) is 3.64. The van der Waals surface area contributed by atoms with E-state index in [9.17, 15) is 22.8 Å². The van der Waals surface area contributed by atoms with E-state index in [1.54, 1.807) is 4.98 Å². The van der Waals surface area contributed by atoms with Crippen molar-refractivity contribution in [2.45, 2.75) is 6.18 Å². The molecule has 0 radical (unpaired) electrons. The van der Waals surface area contributed by atoms with Crippen molar-refractivity contribution in [2.75, 3.05) is 0 Å². The van der Waals surface area contributed by atoms with E-state index in [4.69, 9.17) is 11.6 Å². The summed E-state index contributed by atoms with van der Waals surface area (Å²) in [5, 5.41) is 0.253. The van der Waals surface area contributed by atoms with Crippen molar-refractivity contribution in [3.63, 3.8) is 0 Å². The van der Waals surface area contributed by atoms with Crippen LogP contribution in [0.25, 0.3) is 5.69 Å². The maximum absolute atomic E-state index is 12.4. The lowest BCUT2D eigenvalue weighted by Gasteiger charge is -2.08. The fraction of sp³-hybridized carbons (Fsp3) is 0.0909. The Labute approximate surface area is 109 Å². The van der Waals surface area contributed by atoms with Gasteiger partial charge in [-0.05, 0) is 18.2 Å². The van der Waals surface area contributed by atoms with Crippen LogP contribution in [0.2, 0.25) is 5.02 Å². The lowest BCUT2D eigenvalue weighted by Crippen LogP contribution is -2.35. The zero-order chi connectivity index (χ0) is 14.2. The molecular weight excluding hydrogens is 285 g/mol. The maximum Gasteiger partial charge on any atom is 0.431 e. The van der Waals surface area contributed by atoms with E-state index in [0.29, 0.717) is 10.6 Å². The number of hydrogen-bond acceptors (Lipinski definition) is 2. The quantitative estimate of drug-likeness (QED) is 0.875. The molecule has 1 aromatic heterocycles. The topological polar surface area (TPSA) is 54.9 Å². The predicted octanol–water partition coefficient (Wildman–Crippen LogP) is 2.20. The summed E-state index contributed by atoms with van der Waals surface area (Å²) in [6.07, 6.45) is -4.79. The van der Waals surface area contributed by atoms with Crippen molar-refractivity contribution in [3.8, 4) is 5.69 Å². The number of rotatable bonds is 1. The van der Waals surface area contributed by atoms with Gasteiger partial charge in [-0.25, -0.2) is 9.36 Å². The molecule has 100 valence electrons. The Morgan fingerprint density at radius 3 is 2.37 bits per heavy atom. The maximum atomic E-state index is 12.4. The highest BCUT2D eigenvalue weighted by Gasteiger charge is 2.33. The Hall–Kier alpha value is -2.02. The Kier molecular flexibility index (Phi) is 3.23. The normalized spacial score (nSPS) is 11.6. The molecule has 0 bridgehead atoms. The third-order valence-corrected chi connectivity index (χ3v) is 2.54. The summed E-state index contributed by atoms with van der Waals surface area (Å²) in [5.41, 5.74) is -3.56. The number of nitrogens with one attached hydrogen (secondary N) is 1. The number of H-pyrrole nitrogens is 1. The molecule has 0 atom stereocenters. The van der Waals surface area contributed by atoms with Crippen molar-refractivity contribution in [1.29, 1.82) is 0 Å². The van der Waals surface area contributed by atoms with Crippen LogP contribution in [-0.4, -0.2) is 9.55 Å². The van der Waals surface area contributed by atoms with E-state index >= 15 is 0 Å². The molecule has 1 heterocycles. The summed E-state index contributed by atoms with van der Waals surface area (Å²) in [6, 6.07) is 5.99. The van der Waals surface area contributed by atoms with E-state index < -0.39 is 23.1 Å². The van der Waals surface area contributed by atoms with E-state index in [1.807, 2.05) is 0 Å². The zero-order valence-corrected chi connectivity index (χ0v) is 9.92. The van der Waals surface area contributed by atoms with Gasteiger partial charge in [0.1, 0.15) is 5.69 Å². The third-order valence-electron chi connectivity index (χ3n) is 2.30. The molecule has 0 unspecified atom stereocenters. The van der Waals surface area contributed by atoms with Crippen molar-refractivity contribution in [3.05, 3.63) is 61.9 Å². The summed E-state index contributed by atoms with van der Waals surface area (Å²) in [6.45, 7) is 0. The average molecular weight is 291 g/mol. The summed E-state index contributed by atoms with van der Waals surface area (Å²) in [4.78, 5) is 24.8. The minimum atomic E-state index is -4.79. The lowest BCUT2D eigenvalue weighted by atomic mass is 10.3. The number of nitrogens with zero attached hydrogens (tertiary/aromatic N) is 1. The molecule has 0 saturated carbocycles. The van der Waals surface area contributed by atoms with Crippen LogP contribution in [-0.2, 0) is 6.18 Å². The van der Waals surface area contributed by atoms with Crippen LogP contribution in [0, 0.1) is 0 Å². The molecule has 1 N–H and O–H groups in total. The van der Waals surface area contributed by atoms with Gasteiger partial charge < -0.3 is 4.98 Å². The summed E-state index contributed by atoms with van der Waals surface area (Å²) < 4.78 is 37.8. The minimum absolute atomic E-state index is 0.0903. The van der Waals surface area contributed by atoms with E-state index in [2.05, 4.69) is 0 Å². The first-order valence-corrected chi connectivity index (χ1v) is 5.36. The Morgan fingerprint density at radius 1 is 1.16 bits per heavy atom. The molecule has 2 aromatic rings. The van der Waals surface area contributed by atoms with E-state index in [0.717, 1.165) is 0 Å². The Bertz CT molecular complexity index is 702. The molecule has 19 heavy (non-hydrogen) atoms. The SMILES string of the molecule is O=c1cc(C(F)(F)F)[nH]c(=O)n1-c1cccc(Cl)c1. The van der Waals surface area contributed by atoms with Crippen LogP contribution in [0.4, 0.5) is 13.2 Å². The van der Waals surface area contributed by atoms with Gasteiger partial charge in [-0.15, -0.1) is 0 Å². The largest absolute Gasteiger partial charge is 0.431 e. The van der Waals surface area contributed by atoms with Crippen LogP contribution >= 0.6 is 11.6 Å². The highest BCUT2D eigenvalue weighted by molar-refractivity contribution is 6.30. The molecular formula is C11H6ClF3N2O2. The van der Waals surface area contributed by atoms with Gasteiger partial charge in [-0.3, -0.25) is 4.79 Å². The van der Waals surface area contributed by atoms with Crippen molar-refractivity contribution in [2.24, 2.45) is 0 Å². The molecule has 4 nitrogen and oxygen atoms in total. The van der Waals surface area contributed by atoms with Gasteiger partial charge in [0.25, 0.3) is 5.56 Å². The number of aromatic amines is 1. The first-order chi connectivity index (χ1) is 8.79. The van der Waals surface area contributed by atoms with Gasteiger partial charge in [0, 0.05) is 11.1 Å². The monoisotopic (exact) mass is 290 g/mol.